The van der Waals surface area contributed by atoms with Gasteiger partial charge in [0.25, 0.3) is 0 Å². The highest BCUT2D eigenvalue weighted by Crippen LogP contribution is 2.64. The van der Waals surface area contributed by atoms with Crippen molar-refractivity contribution in [2.75, 3.05) is 0 Å². The molecule has 0 aromatic rings. The van der Waals surface area contributed by atoms with Crippen LogP contribution in [0.15, 0.2) is 0 Å². The third kappa shape index (κ3) is 3.23. The molecular formula is C10H13Br3O4. The van der Waals surface area contributed by atoms with Gasteiger partial charge in [0.2, 0.25) is 0 Å². The largest absolute Gasteiger partial charge is 0.481 e. The maximum absolute atomic E-state index is 11.1. The van der Waals surface area contributed by atoms with Crippen LogP contribution < -0.4 is 0 Å². The summed E-state index contributed by atoms with van der Waals surface area (Å²) in [5.74, 6) is -2.07. The van der Waals surface area contributed by atoms with Crippen LogP contribution in [0, 0.1) is 17.3 Å². The van der Waals surface area contributed by atoms with Gasteiger partial charge in [-0.25, -0.2) is 0 Å². The lowest BCUT2D eigenvalue weighted by atomic mass is 10.1. The van der Waals surface area contributed by atoms with Gasteiger partial charge in [0, 0.05) is 12.8 Å². The summed E-state index contributed by atoms with van der Waals surface area (Å²) >= 11 is 9.92. The van der Waals surface area contributed by atoms with Crippen LogP contribution in [0.1, 0.15) is 20.8 Å². The molecule has 98 valence electrons. The van der Waals surface area contributed by atoms with Crippen LogP contribution in [0.2, 0.25) is 0 Å². The number of halogens is 3. The van der Waals surface area contributed by atoms with Gasteiger partial charge in [-0.1, -0.05) is 61.6 Å². The van der Waals surface area contributed by atoms with E-state index in [0.29, 0.717) is 0 Å². The fraction of sp³-hybridized carbons (Fsp3) is 0.800. The third-order valence-corrected chi connectivity index (χ3v) is 4.47. The summed E-state index contributed by atoms with van der Waals surface area (Å²) in [5, 5.41) is 9.12. The van der Waals surface area contributed by atoms with Crippen LogP contribution in [-0.4, -0.2) is 25.3 Å². The summed E-state index contributed by atoms with van der Waals surface area (Å²) in [6.45, 7) is 5.01. The number of carbonyl (C=O) groups excluding carboxylic acids is 1. The van der Waals surface area contributed by atoms with Gasteiger partial charge >= 0.3 is 11.9 Å². The predicted octanol–water partition coefficient (Wildman–Crippen LogP) is 3.11. The lowest BCUT2D eigenvalue weighted by Gasteiger charge is -2.26. The van der Waals surface area contributed by atoms with Gasteiger partial charge < -0.3 is 9.84 Å². The Morgan fingerprint density at radius 3 is 2.06 bits per heavy atom. The maximum Gasteiger partial charge on any atom is 0.307 e. The topological polar surface area (TPSA) is 63.6 Å². The van der Waals surface area contributed by atoms with Crippen molar-refractivity contribution < 1.29 is 19.4 Å². The SMILES string of the molecule is CC(=O)O[C@@H]([C@H]1[C@@H](C(=O)O)C1(C)C)C(Br)(Br)Br. The van der Waals surface area contributed by atoms with Crippen molar-refractivity contribution in [1.82, 2.24) is 0 Å². The van der Waals surface area contributed by atoms with Gasteiger partial charge in [0.05, 0.1) is 5.92 Å². The fourth-order valence-corrected chi connectivity index (χ4v) is 3.37. The molecule has 4 nitrogen and oxygen atoms in total. The molecule has 0 aromatic carbocycles. The molecular weight excluding hydrogens is 424 g/mol. The van der Waals surface area contributed by atoms with Crippen molar-refractivity contribution in [2.24, 2.45) is 17.3 Å². The summed E-state index contributed by atoms with van der Waals surface area (Å²) in [6, 6.07) is 0. The summed E-state index contributed by atoms with van der Waals surface area (Å²) in [4.78, 5) is 22.2. The van der Waals surface area contributed by atoms with E-state index in [9.17, 15) is 9.59 Å². The van der Waals surface area contributed by atoms with Crippen LogP contribution >= 0.6 is 47.8 Å². The second-order valence-electron chi connectivity index (χ2n) is 4.73. The van der Waals surface area contributed by atoms with Crippen LogP contribution in [-0.2, 0) is 14.3 Å². The number of ether oxygens (including phenoxy) is 1. The number of hydrogen-bond acceptors (Lipinski definition) is 3. The first kappa shape index (κ1) is 15.4. The first-order valence-corrected chi connectivity index (χ1v) is 7.34. The number of rotatable bonds is 3. The normalized spacial score (nSPS) is 28.4. The van der Waals surface area contributed by atoms with Crippen molar-refractivity contribution in [1.29, 1.82) is 0 Å². The number of carbonyl (C=O) groups is 2. The van der Waals surface area contributed by atoms with Gasteiger partial charge in [-0.2, -0.15) is 0 Å². The number of alkyl halides is 3. The van der Waals surface area contributed by atoms with Crippen molar-refractivity contribution in [3.8, 4) is 0 Å². The molecule has 1 fully saturated rings. The van der Waals surface area contributed by atoms with E-state index in [-0.39, 0.29) is 5.92 Å². The second kappa shape index (κ2) is 4.81. The van der Waals surface area contributed by atoms with Crippen molar-refractivity contribution >= 4 is 59.7 Å². The van der Waals surface area contributed by atoms with E-state index in [4.69, 9.17) is 9.84 Å². The molecule has 0 aliphatic heterocycles. The summed E-state index contributed by atoms with van der Waals surface area (Å²) in [7, 11) is 0. The first-order chi connectivity index (χ1) is 7.49. The fourth-order valence-electron chi connectivity index (χ4n) is 2.24. The zero-order chi connectivity index (χ0) is 13.6. The second-order valence-corrected chi connectivity index (χ2v) is 11.7. The van der Waals surface area contributed by atoms with Gasteiger partial charge in [0.1, 0.15) is 6.10 Å². The summed E-state index contributed by atoms with van der Waals surface area (Å²) < 4.78 is 4.40. The number of carboxylic acid groups (broad SMARTS) is 1. The Morgan fingerprint density at radius 2 is 1.82 bits per heavy atom. The molecule has 1 saturated carbocycles. The Labute approximate surface area is 125 Å². The zero-order valence-electron chi connectivity index (χ0n) is 9.54. The molecule has 1 aliphatic carbocycles. The molecule has 0 unspecified atom stereocenters. The van der Waals surface area contributed by atoms with Crippen molar-refractivity contribution in [2.45, 2.75) is 29.0 Å². The Morgan fingerprint density at radius 1 is 1.35 bits per heavy atom. The zero-order valence-corrected chi connectivity index (χ0v) is 14.3. The van der Waals surface area contributed by atoms with Crippen LogP contribution in [0.3, 0.4) is 0 Å². The minimum atomic E-state index is -0.867. The predicted molar refractivity (Wildman–Crippen MR) is 73.5 cm³/mol. The molecule has 7 heteroatoms. The molecule has 0 radical (unpaired) electrons. The molecule has 0 aromatic heterocycles. The van der Waals surface area contributed by atoms with Crippen LogP contribution in [0.5, 0.6) is 0 Å². The molecule has 0 heterocycles. The quantitative estimate of drug-likeness (QED) is 0.545. The Balaban J connectivity index is 2.95. The van der Waals surface area contributed by atoms with E-state index < -0.39 is 31.5 Å². The van der Waals surface area contributed by atoms with E-state index in [2.05, 4.69) is 47.8 Å². The summed E-state index contributed by atoms with van der Waals surface area (Å²) in [5.41, 5.74) is -0.396. The average molecular weight is 437 g/mol. The number of hydrogen-bond donors (Lipinski definition) is 1. The highest BCUT2D eigenvalue weighted by molar-refractivity contribution is 9.39. The lowest BCUT2D eigenvalue weighted by Crippen LogP contribution is -2.33. The van der Waals surface area contributed by atoms with E-state index in [1.54, 1.807) is 0 Å². The molecule has 0 bridgehead atoms. The summed E-state index contributed by atoms with van der Waals surface area (Å²) in [6.07, 6.45) is -0.601. The molecule has 0 amide bonds. The Hall–Kier alpha value is 0.380. The van der Waals surface area contributed by atoms with E-state index >= 15 is 0 Å². The van der Waals surface area contributed by atoms with Crippen molar-refractivity contribution in [3.63, 3.8) is 0 Å². The molecule has 0 saturated heterocycles. The highest BCUT2D eigenvalue weighted by Gasteiger charge is 2.68. The minimum Gasteiger partial charge on any atom is -0.481 e. The monoisotopic (exact) mass is 434 g/mol. The number of esters is 1. The molecule has 1 rings (SSSR count). The molecule has 0 spiro atoms. The van der Waals surface area contributed by atoms with Crippen LogP contribution in [0.25, 0.3) is 0 Å². The van der Waals surface area contributed by atoms with Crippen LogP contribution in [0.4, 0.5) is 0 Å². The van der Waals surface area contributed by atoms with Gasteiger partial charge in [-0.3, -0.25) is 9.59 Å². The molecule has 17 heavy (non-hydrogen) atoms. The van der Waals surface area contributed by atoms with E-state index in [1.807, 2.05) is 13.8 Å². The molecule has 1 aliphatic rings. The number of aliphatic carboxylic acids is 1. The minimum absolute atomic E-state index is 0.248. The Bertz CT molecular complexity index is 348. The average Bonchev–Trinajstić information content (AvgIpc) is 2.62. The smallest absolute Gasteiger partial charge is 0.307 e. The van der Waals surface area contributed by atoms with Gasteiger partial charge in [-0.15, -0.1) is 0 Å². The lowest BCUT2D eigenvalue weighted by molar-refractivity contribution is -0.148. The Kier molecular flexibility index (Phi) is 4.37. The first-order valence-electron chi connectivity index (χ1n) is 4.96. The molecule has 3 atom stereocenters. The maximum atomic E-state index is 11.1. The van der Waals surface area contributed by atoms with Crippen molar-refractivity contribution in [3.05, 3.63) is 0 Å². The van der Waals surface area contributed by atoms with E-state index in [0.717, 1.165) is 0 Å². The van der Waals surface area contributed by atoms with E-state index in [1.165, 1.54) is 6.92 Å². The molecule has 1 N–H and O–H groups in total. The number of carboxylic acids is 1. The standard InChI is InChI=1S/C10H13Br3O4/c1-4(14)17-7(10(11,12)13)5-6(8(15)16)9(5,2)3/h5-7H,1-3H3,(H,15,16)/t5-,6+,7+/m1/s1. The highest BCUT2D eigenvalue weighted by atomic mass is 80.0. The van der Waals surface area contributed by atoms with Gasteiger partial charge in [0.15, 0.2) is 2.14 Å². The third-order valence-electron chi connectivity index (χ3n) is 3.12. The van der Waals surface area contributed by atoms with Gasteiger partial charge in [-0.05, 0) is 5.41 Å².